The molecular weight excluding hydrogens is 600 g/mol. The quantitative estimate of drug-likeness (QED) is 0.167. The first-order valence-electron chi connectivity index (χ1n) is 15.0. The molecule has 1 fully saturated rings. The summed E-state index contributed by atoms with van der Waals surface area (Å²) >= 11 is 0. The number of anilines is 1. The summed E-state index contributed by atoms with van der Waals surface area (Å²) in [5, 5.41) is 9.33. The Labute approximate surface area is 264 Å². The molecule has 1 unspecified atom stereocenters. The van der Waals surface area contributed by atoms with Crippen molar-refractivity contribution in [3.63, 3.8) is 0 Å². The van der Waals surface area contributed by atoms with Crippen LogP contribution in [0.3, 0.4) is 0 Å². The standard InChI is InChI=1S/C34H36F4N6O2/c1-32(2,3)31(46)42-33(14-13-21-9-10-21,24-7-5-15-40-20-24)23-11-12-26(35)27(17-23)41-30(45)28-18-29(34(36,37)38)43-44(28)25-8-4-6-22(16-25)19-39/h4-8,11-12,15-18,20-21H,9-10,13-14,19,39H2,1-3H3,(H,41,45)(H,42,46). The maximum atomic E-state index is 15.4. The summed E-state index contributed by atoms with van der Waals surface area (Å²) < 4.78 is 57.5. The van der Waals surface area contributed by atoms with Crippen LogP contribution in [0.1, 0.15) is 79.3 Å². The van der Waals surface area contributed by atoms with E-state index < -0.39 is 40.2 Å². The van der Waals surface area contributed by atoms with Gasteiger partial charge in [-0.15, -0.1) is 0 Å². The minimum Gasteiger partial charge on any atom is -0.342 e. The van der Waals surface area contributed by atoms with Gasteiger partial charge in [0.25, 0.3) is 5.91 Å². The smallest absolute Gasteiger partial charge is 0.342 e. The lowest BCUT2D eigenvalue weighted by molar-refractivity contribution is -0.141. The summed E-state index contributed by atoms with van der Waals surface area (Å²) in [5.41, 5.74) is 3.74. The Hall–Kier alpha value is -4.58. The van der Waals surface area contributed by atoms with Gasteiger partial charge in [0.2, 0.25) is 5.91 Å². The molecule has 1 aliphatic carbocycles. The highest BCUT2D eigenvalue weighted by molar-refractivity contribution is 6.03. The van der Waals surface area contributed by atoms with Crippen molar-refractivity contribution in [3.8, 4) is 5.69 Å². The monoisotopic (exact) mass is 636 g/mol. The average molecular weight is 637 g/mol. The van der Waals surface area contributed by atoms with Gasteiger partial charge in [0, 0.05) is 36.0 Å². The van der Waals surface area contributed by atoms with Crippen LogP contribution in [0.25, 0.3) is 5.69 Å². The zero-order valence-electron chi connectivity index (χ0n) is 25.8. The molecule has 0 bridgehead atoms. The largest absolute Gasteiger partial charge is 0.435 e. The van der Waals surface area contributed by atoms with Gasteiger partial charge in [-0.2, -0.15) is 18.3 Å². The topological polar surface area (TPSA) is 115 Å². The van der Waals surface area contributed by atoms with Gasteiger partial charge in [0.05, 0.1) is 16.9 Å². The Balaban J connectivity index is 1.59. The zero-order valence-corrected chi connectivity index (χ0v) is 25.8. The molecule has 4 aromatic rings. The molecule has 46 heavy (non-hydrogen) atoms. The first-order valence-corrected chi connectivity index (χ1v) is 15.0. The fourth-order valence-electron chi connectivity index (χ4n) is 5.25. The number of nitrogens with one attached hydrogen (secondary N) is 2. The molecule has 4 N–H and O–H groups in total. The van der Waals surface area contributed by atoms with E-state index in [0.29, 0.717) is 35.1 Å². The third kappa shape index (κ3) is 7.12. The van der Waals surface area contributed by atoms with Crippen molar-refractivity contribution in [2.24, 2.45) is 17.1 Å². The van der Waals surface area contributed by atoms with E-state index in [-0.39, 0.29) is 23.8 Å². The van der Waals surface area contributed by atoms with E-state index in [4.69, 9.17) is 5.73 Å². The third-order valence-electron chi connectivity index (χ3n) is 8.12. The second kappa shape index (κ2) is 12.7. The first kappa shape index (κ1) is 32.8. The van der Waals surface area contributed by atoms with Crippen molar-refractivity contribution in [3.05, 3.63) is 107 Å². The molecular formula is C34H36F4N6O2. The number of hydrogen-bond acceptors (Lipinski definition) is 5. The molecule has 0 aliphatic heterocycles. The summed E-state index contributed by atoms with van der Waals surface area (Å²) in [6.07, 6.45) is 1.81. The SMILES string of the molecule is CC(C)(C)C(=O)NC(CCC1CC1)(c1cccnc1)c1ccc(F)c(NC(=O)c2cc(C(F)(F)F)nn2-c2cccc(CN)c2)c1. The molecule has 1 aliphatic rings. The maximum absolute atomic E-state index is 15.4. The highest BCUT2D eigenvalue weighted by Gasteiger charge is 2.41. The van der Waals surface area contributed by atoms with Crippen LogP contribution >= 0.6 is 0 Å². The van der Waals surface area contributed by atoms with Gasteiger partial charge >= 0.3 is 6.18 Å². The number of carbonyl (C=O) groups excluding carboxylic acids is 2. The van der Waals surface area contributed by atoms with Crippen molar-refractivity contribution in [2.45, 2.75) is 64.7 Å². The lowest BCUT2D eigenvalue weighted by atomic mass is 9.77. The van der Waals surface area contributed by atoms with Crippen LogP contribution in [-0.4, -0.2) is 26.6 Å². The Morgan fingerprint density at radius 3 is 2.39 bits per heavy atom. The number of rotatable bonds is 10. The summed E-state index contributed by atoms with van der Waals surface area (Å²) in [4.78, 5) is 31.4. The number of alkyl halides is 3. The van der Waals surface area contributed by atoms with E-state index in [9.17, 15) is 22.8 Å². The molecule has 2 amide bonds. The molecule has 5 rings (SSSR count). The molecule has 2 aromatic carbocycles. The molecule has 8 nitrogen and oxygen atoms in total. The van der Waals surface area contributed by atoms with Crippen molar-refractivity contribution < 1.29 is 27.2 Å². The van der Waals surface area contributed by atoms with Crippen molar-refractivity contribution >= 4 is 17.5 Å². The number of aromatic nitrogens is 3. The van der Waals surface area contributed by atoms with Crippen molar-refractivity contribution in [2.75, 3.05) is 5.32 Å². The second-order valence-electron chi connectivity index (χ2n) is 12.7. The van der Waals surface area contributed by atoms with Gasteiger partial charge in [0.1, 0.15) is 11.5 Å². The Kier molecular flexibility index (Phi) is 9.03. The average Bonchev–Trinajstić information content (AvgIpc) is 3.73. The summed E-state index contributed by atoms with van der Waals surface area (Å²) in [5.74, 6) is -1.58. The summed E-state index contributed by atoms with van der Waals surface area (Å²) in [7, 11) is 0. The Morgan fingerprint density at radius 2 is 1.76 bits per heavy atom. The molecule has 1 saturated carbocycles. The van der Waals surface area contributed by atoms with Crippen LogP contribution in [0.5, 0.6) is 0 Å². The van der Waals surface area contributed by atoms with E-state index >= 15 is 4.39 Å². The van der Waals surface area contributed by atoms with E-state index in [1.54, 1.807) is 51.4 Å². The molecule has 2 heterocycles. The van der Waals surface area contributed by atoms with Gasteiger partial charge < -0.3 is 16.4 Å². The van der Waals surface area contributed by atoms with Gasteiger partial charge in [-0.1, -0.05) is 57.9 Å². The minimum atomic E-state index is -4.84. The first-order chi connectivity index (χ1) is 21.7. The lowest BCUT2D eigenvalue weighted by Gasteiger charge is -2.38. The van der Waals surface area contributed by atoms with Crippen molar-refractivity contribution in [1.29, 1.82) is 0 Å². The van der Waals surface area contributed by atoms with Crippen LogP contribution in [0.15, 0.2) is 73.1 Å². The number of benzene rings is 2. The molecule has 12 heteroatoms. The molecule has 2 aromatic heterocycles. The number of carbonyl (C=O) groups is 2. The number of halogens is 4. The van der Waals surface area contributed by atoms with E-state index in [2.05, 4.69) is 20.7 Å². The predicted molar refractivity (Wildman–Crippen MR) is 165 cm³/mol. The lowest BCUT2D eigenvalue weighted by Crippen LogP contribution is -2.50. The summed E-state index contributed by atoms with van der Waals surface area (Å²) in [6.45, 7) is 5.48. The second-order valence-corrected chi connectivity index (χ2v) is 12.7. The van der Waals surface area contributed by atoms with Crippen LogP contribution < -0.4 is 16.4 Å². The number of amides is 2. The minimum absolute atomic E-state index is 0.117. The molecule has 0 radical (unpaired) electrons. The highest BCUT2D eigenvalue weighted by Crippen LogP contribution is 2.42. The van der Waals surface area contributed by atoms with Gasteiger partial charge in [-0.05, 0) is 60.2 Å². The predicted octanol–water partition coefficient (Wildman–Crippen LogP) is 6.73. The van der Waals surface area contributed by atoms with Crippen molar-refractivity contribution in [1.82, 2.24) is 20.1 Å². The van der Waals surface area contributed by atoms with E-state index in [1.807, 2.05) is 6.07 Å². The van der Waals surface area contributed by atoms with Crippen LogP contribution in [0.4, 0.5) is 23.2 Å². The van der Waals surface area contributed by atoms with E-state index in [1.165, 1.54) is 30.3 Å². The maximum Gasteiger partial charge on any atom is 0.435 e. The molecule has 242 valence electrons. The number of nitrogens with two attached hydrogens (primary N) is 1. The summed E-state index contributed by atoms with van der Waals surface area (Å²) in [6, 6.07) is 14.6. The van der Waals surface area contributed by atoms with Gasteiger partial charge in [-0.3, -0.25) is 14.6 Å². The van der Waals surface area contributed by atoms with Crippen LogP contribution in [0, 0.1) is 17.2 Å². The fraction of sp³-hybridized carbons (Fsp3) is 0.353. The van der Waals surface area contributed by atoms with Gasteiger partial charge in [-0.25, -0.2) is 9.07 Å². The fourth-order valence-corrected chi connectivity index (χ4v) is 5.25. The molecule has 0 spiro atoms. The number of hydrogen-bond donors (Lipinski definition) is 3. The normalized spacial score (nSPS) is 14.9. The number of pyridine rings is 1. The highest BCUT2D eigenvalue weighted by atomic mass is 19.4. The number of nitrogens with zero attached hydrogens (tertiary/aromatic N) is 3. The third-order valence-corrected chi connectivity index (χ3v) is 8.12. The van der Waals surface area contributed by atoms with E-state index in [0.717, 1.165) is 23.9 Å². The molecule has 0 saturated heterocycles. The van der Waals surface area contributed by atoms with Crippen LogP contribution in [0.2, 0.25) is 0 Å². The molecule has 1 atom stereocenters. The Morgan fingerprint density at radius 1 is 1.00 bits per heavy atom. The van der Waals surface area contributed by atoms with Gasteiger partial charge in [0.15, 0.2) is 5.69 Å². The zero-order chi connectivity index (χ0) is 33.3. The Bertz CT molecular complexity index is 1730. The van der Waals surface area contributed by atoms with Crippen LogP contribution in [-0.2, 0) is 23.1 Å².